The van der Waals surface area contributed by atoms with Gasteiger partial charge in [0.1, 0.15) is 0 Å². The molecule has 0 atom stereocenters. The Morgan fingerprint density at radius 2 is 1.70 bits per heavy atom. The van der Waals surface area contributed by atoms with Crippen LogP contribution >= 0.6 is 11.6 Å². The van der Waals surface area contributed by atoms with E-state index in [-0.39, 0.29) is 0 Å². The fourth-order valence-electron chi connectivity index (χ4n) is 2.33. The molecule has 2 aromatic rings. The predicted octanol–water partition coefficient (Wildman–Crippen LogP) is 4.88. The van der Waals surface area contributed by atoms with Crippen molar-refractivity contribution in [2.24, 2.45) is 0 Å². The summed E-state index contributed by atoms with van der Waals surface area (Å²) in [7, 11) is 0. The number of benzene rings is 2. The maximum Gasteiger partial charge on any atom is 0.0457 e. The summed E-state index contributed by atoms with van der Waals surface area (Å²) >= 11 is 6.41. The maximum atomic E-state index is 6.41. The molecular weight excluding hydrogens is 266 g/mol. The lowest BCUT2D eigenvalue weighted by Gasteiger charge is -2.10. The molecule has 0 aliphatic heterocycles. The van der Waals surface area contributed by atoms with Gasteiger partial charge in [-0.2, -0.15) is 0 Å². The molecule has 1 nitrogen and oxygen atoms in total. The zero-order valence-electron chi connectivity index (χ0n) is 12.0. The van der Waals surface area contributed by atoms with Crippen molar-refractivity contribution in [3.8, 4) is 11.1 Å². The van der Waals surface area contributed by atoms with E-state index in [2.05, 4.69) is 55.6 Å². The lowest BCUT2D eigenvalue weighted by Crippen LogP contribution is -2.15. The van der Waals surface area contributed by atoms with E-state index in [0.717, 1.165) is 11.6 Å². The predicted molar refractivity (Wildman–Crippen MR) is 86.2 cm³/mol. The molecule has 1 saturated carbocycles. The van der Waals surface area contributed by atoms with Crippen molar-refractivity contribution in [2.45, 2.75) is 39.3 Å². The summed E-state index contributed by atoms with van der Waals surface area (Å²) in [6.45, 7) is 5.16. The van der Waals surface area contributed by atoms with Crippen LogP contribution in [-0.2, 0) is 6.54 Å². The molecule has 0 spiro atoms. The van der Waals surface area contributed by atoms with Crippen molar-refractivity contribution in [2.75, 3.05) is 0 Å². The van der Waals surface area contributed by atoms with Gasteiger partial charge in [0.25, 0.3) is 0 Å². The molecule has 1 fully saturated rings. The molecular formula is C18H20ClN. The molecule has 0 unspecified atom stereocenters. The SMILES string of the molecule is Cc1ccc(-c2ccc(CNC3CC3)c(Cl)c2)cc1C. The standard InChI is InChI=1S/C18H20ClN/c1-12-3-4-14(9-13(12)2)15-5-6-16(18(19)10-15)11-20-17-7-8-17/h3-6,9-10,17,20H,7-8,11H2,1-2H3. The Morgan fingerprint density at radius 1 is 1.00 bits per heavy atom. The highest BCUT2D eigenvalue weighted by atomic mass is 35.5. The van der Waals surface area contributed by atoms with Gasteiger partial charge in [0.15, 0.2) is 0 Å². The van der Waals surface area contributed by atoms with Crippen LogP contribution in [0.15, 0.2) is 36.4 Å². The second kappa shape index (κ2) is 5.59. The zero-order valence-corrected chi connectivity index (χ0v) is 12.8. The number of hydrogen-bond acceptors (Lipinski definition) is 1. The Hall–Kier alpha value is -1.31. The zero-order chi connectivity index (χ0) is 14.1. The minimum atomic E-state index is 0.713. The Labute approximate surface area is 126 Å². The first-order chi connectivity index (χ1) is 9.63. The second-order valence-electron chi connectivity index (χ2n) is 5.76. The van der Waals surface area contributed by atoms with Crippen LogP contribution in [0.3, 0.4) is 0 Å². The number of nitrogens with one attached hydrogen (secondary N) is 1. The smallest absolute Gasteiger partial charge is 0.0457 e. The Kier molecular flexibility index (Phi) is 3.82. The van der Waals surface area contributed by atoms with Gasteiger partial charge in [-0.05, 0) is 60.6 Å². The number of aryl methyl sites for hydroxylation is 2. The molecule has 2 heteroatoms. The third-order valence-electron chi connectivity index (χ3n) is 4.05. The van der Waals surface area contributed by atoms with E-state index in [0.29, 0.717) is 6.04 Å². The van der Waals surface area contributed by atoms with Gasteiger partial charge < -0.3 is 5.32 Å². The fourth-order valence-corrected chi connectivity index (χ4v) is 2.58. The first-order valence-corrected chi connectivity index (χ1v) is 7.61. The van der Waals surface area contributed by atoms with Gasteiger partial charge in [0.2, 0.25) is 0 Å². The maximum absolute atomic E-state index is 6.41. The van der Waals surface area contributed by atoms with Crippen LogP contribution < -0.4 is 5.32 Å². The van der Waals surface area contributed by atoms with Crippen LogP contribution in [0, 0.1) is 13.8 Å². The highest BCUT2D eigenvalue weighted by Gasteiger charge is 2.20. The van der Waals surface area contributed by atoms with Crippen LogP contribution in [0.1, 0.15) is 29.5 Å². The van der Waals surface area contributed by atoms with Crippen molar-refractivity contribution in [3.05, 3.63) is 58.1 Å². The van der Waals surface area contributed by atoms with E-state index in [1.807, 2.05) is 0 Å². The van der Waals surface area contributed by atoms with Crippen molar-refractivity contribution >= 4 is 11.6 Å². The van der Waals surface area contributed by atoms with Crippen LogP contribution in [0.5, 0.6) is 0 Å². The summed E-state index contributed by atoms with van der Waals surface area (Å²) in [5, 5.41) is 4.36. The molecule has 1 aliphatic carbocycles. The first-order valence-electron chi connectivity index (χ1n) is 7.23. The van der Waals surface area contributed by atoms with Gasteiger partial charge >= 0.3 is 0 Å². The quantitative estimate of drug-likeness (QED) is 0.844. The van der Waals surface area contributed by atoms with Crippen LogP contribution in [0.4, 0.5) is 0 Å². The van der Waals surface area contributed by atoms with Crippen LogP contribution in [0.2, 0.25) is 5.02 Å². The molecule has 0 saturated heterocycles. The molecule has 1 aliphatic rings. The number of rotatable bonds is 4. The van der Waals surface area contributed by atoms with Crippen LogP contribution in [0.25, 0.3) is 11.1 Å². The Morgan fingerprint density at radius 3 is 2.35 bits per heavy atom. The lowest BCUT2D eigenvalue weighted by molar-refractivity contribution is 0.688. The molecule has 0 heterocycles. The molecule has 1 N–H and O–H groups in total. The third kappa shape index (κ3) is 3.05. The molecule has 0 amide bonds. The van der Waals surface area contributed by atoms with Crippen molar-refractivity contribution in [1.82, 2.24) is 5.32 Å². The summed E-state index contributed by atoms with van der Waals surface area (Å²) in [6, 6.07) is 13.7. The first kappa shape index (κ1) is 13.7. The lowest BCUT2D eigenvalue weighted by atomic mass is 9.99. The summed E-state index contributed by atoms with van der Waals surface area (Å²) in [5.41, 5.74) is 6.25. The van der Waals surface area contributed by atoms with Gasteiger partial charge in [-0.1, -0.05) is 41.9 Å². The highest BCUT2D eigenvalue weighted by Crippen LogP contribution is 2.28. The number of halogens is 1. The largest absolute Gasteiger partial charge is 0.310 e. The summed E-state index contributed by atoms with van der Waals surface area (Å²) in [6.07, 6.45) is 2.61. The second-order valence-corrected chi connectivity index (χ2v) is 6.17. The van der Waals surface area contributed by atoms with Crippen molar-refractivity contribution in [1.29, 1.82) is 0 Å². The third-order valence-corrected chi connectivity index (χ3v) is 4.40. The highest BCUT2D eigenvalue weighted by molar-refractivity contribution is 6.31. The topological polar surface area (TPSA) is 12.0 Å². The van der Waals surface area contributed by atoms with E-state index < -0.39 is 0 Å². The average molecular weight is 286 g/mol. The minimum Gasteiger partial charge on any atom is -0.310 e. The normalized spacial score (nSPS) is 14.6. The minimum absolute atomic E-state index is 0.713. The van der Waals surface area contributed by atoms with E-state index in [1.54, 1.807) is 0 Å². The van der Waals surface area contributed by atoms with Crippen molar-refractivity contribution in [3.63, 3.8) is 0 Å². The van der Waals surface area contributed by atoms with E-state index >= 15 is 0 Å². The molecule has 0 radical (unpaired) electrons. The molecule has 0 aromatic heterocycles. The summed E-state index contributed by atoms with van der Waals surface area (Å²) in [4.78, 5) is 0. The molecule has 20 heavy (non-hydrogen) atoms. The van der Waals surface area contributed by atoms with E-state index in [1.165, 1.54) is 40.7 Å². The average Bonchev–Trinajstić information content (AvgIpc) is 3.24. The summed E-state index contributed by atoms with van der Waals surface area (Å²) < 4.78 is 0. The van der Waals surface area contributed by atoms with Crippen LogP contribution in [-0.4, -0.2) is 6.04 Å². The van der Waals surface area contributed by atoms with E-state index in [4.69, 9.17) is 11.6 Å². The molecule has 0 bridgehead atoms. The summed E-state index contributed by atoms with van der Waals surface area (Å²) in [5.74, 6) is 0. The van der Waals surface area contributed by atoms with Gasteiger partial charge in [-0.15, -0.1) is 0 Å². The van der Waals surface area contributed by atoms with Gasteiger partial charge in [-0.25, -0.2) is 0 Å². The van der Waals surface area contributed by atoms with Gasteiger partial charge in [0, 0.05) is 17.6 Å². The van der Waals surface area contributed by atoms with Gasteiger partial charge in [0.05, 0.1) is 0 Å². The monoisotopic (exact) mass is 285 g/mol. The Balaban J connectivity index is 1.82. The molecule has 104 valence electrons. The molecule has 2 aromatic carbocycles. The number of hydrogen-bond donors (Lipinski definition) is 1. The fraction of sp³-hybridized carbons (Fsp3) is 0.333. The molecule has 3 rings (SSSR count). The van der Waals surface area contributed by atoms with Gasteiger partial charge in [-0.3, -0.25) is 0 Å². The Bertz CT molecular complexity index is 629. The van der Waals surface area contributed by atoms with E-state index in [9.17, 15) is 0 Å². The van der Waals surface area contributed by atoms with Crippen molar-refractivity contribution < 1.29 is 0 Å².